The summed E-state index contributed by atoms with van der Waals surface area (Å²) < 4.78 is 27.1. The zero-order valence-corrected chi connectivity index (χ0v) is 13.1. The number of nitrogens with one attached hydrogen (secondary N) is 1. The first-order chi connectivity index (χ1) is 9.89. The van der Waals surface area contributed by atoms with Crippen molar-refractivity contribution in [3.63, 3.8) is 0 Å². The zero-order chi connectivity index (χ0) is 15.2. The van der Waals surface area contributed by atoms with E-state index in [2.05, 4.69) is 4.98 Å². The van der Waals surface area contributed by atoms with Crippen LogP contribution in [0.15, 0.2) is 27.2 Å². The highest BCUT2D eigenvalue weighted by atomic mass is 32.2. The number of nitrogen functional groups attached to an aromatic ring is 1. The molecule has 112 valence electrons. The average molecular weight is 325 g/mol. The third-order valence-electron chi connectivity index (χ3n) is 3.49. The number of sulfonamides is 1. The predicted molar refractivity (Wildman–Crippen MR) is 83.4 cm³/mol. The number of thiazole rings is 1. The van der Waals surface area contributed by atoms with Crippen molar-refractivity contribution in [1.29, 1.82) is 0 Å². The van der Waals surface area contributed by atoms with E-state index in [-0.39, 0.29) is 9.08 Å². The van der Waals surface area contributed by atoms with Gasteiger partial charge in [0.2, 0.25) is 0 Å². The largest absolute Gasteiger partial charge is 0.399 e. The highest BCUT2D eigenvalue weighted by Gasteiger charge is 2.32. The lowest BCUT2D eigenvalue weighted by Gasteiger charge is -2.30. The first kappa shape index (κ1) is 14.2. The van der Waals surface area contributed by atoms with Crippen LogP contribution in [0.1, 0.15) is 17.7 Å². The van der Waals surface area contributed by atoms with Gasteiger partial charge in [-0.2, -0.15) is 0 Å². The van der Waals surface area contributed by atoms with Crippen molar-refractivity contribution in [1.82, 2.24) is 4.98 Å². The Hall–Kier alpha value is -1.80. The number of H-pyrrole nitrogens is 1. The maximum absolute atomic E-state index is 12.8. The SMILES string of the molecule is Cc1[nH]c(=O)sc1S(=O)(=O)N1CCCc2cc(N)ccc21. The van der Waals surface area contributed by atoms with Gasteiger partial charge in [-0.25, -0.2) is 8.42 Å². The topological polar surface area (TPSA) is 96.3 Å². The molecule has 0 saturated heterocycles. The van der Waals surface area contributed by atoms with Crippen LogP contribution in [0.5, 0.6) is 0 Å². The van der Waals surface area contributed by atoms with Crippen LogP contribution in [-0.2, 0) is 16.4 Å². The second-order valence-electron chi connectivity index (χ2n) is 5.00. The van der Waals surface area contributed by atoms with E-state index >= 15 is 0 Å². The quantitative estimate of drug-likeness (QED) is 0.817. The number of hydrogen-bond acceptors (Lipinski definition) is 5. The predicted octanol–water partition coefficient (Wildman–Crippen LogP) is 1.47. The molecule has 0 saturated carbocycles. The van der Waals surface area contributed by atoms with Crippen molar-refractivity contribution in [2.45, 2.75) is 24.0 Å². The fraction of sp³-hybridized carbons (Fsp3) is 0.308. The molecule has 0 fully saturated rings. The monoisotopic (exact) mass is 325 g/mol. The molecule has 3 rings (SSSR count). The number of anilines is 2. The molecule has 8 heteroatoms. The van der Waals surface area contributed by atoms with Crippen molar-refractivity contribution in [3.05, 3.63) is 39.1 Å². The Bertz CT molecular complexity index is 852. The molecule has 0 unspecified atom stereocenters. The first-order valence-corrected chi connectivity index (χ1v) is 8.76. The number of benzene rings is 1. The fourth-order valence-corrected chi connectivity index (χ4v) is 5.51. The van der Waals surface area contributed by atoms with Crippen LogP contribution < -0.4 is 14.9 Å². The molecule has 3 N–H and O–H groups in total. The molecule has 0 spiro atoms. The second-order valence-corrected chi connectivity index (χ2v) is 8.04. The summed E-state index contributed by atoms with van der Waals surface area (Å²) in [6.45, 7) is 2.00. The minimum atomic E-state index is -3.72. The van der Waals surface area contributed by atoms with Gasteiger partial charge in [0.1, 0.15) is 0 Å². The molecule has 0 radical (unpaired) electrons. The second kappa shape index (κ2) is 4.88. The standard InChI is InChI=1S/C13H15N3O3S2/c1-8-12(20-13(17)15-8)21(18,19)16-6-2-3-9-7-10(14)4-5-11(9)16/h4-5,7H,2-3,6,14H2,1H3,(H,15,17). The Morgan fingerprint density at radius 1 is 1.38 bits per heavy atom. The summed E-state index contributed by atoms with van der Waals surface area (Å²) in [7, 11) is -3.72. The molecule has 21 heavy (non-hydrogen) atoms. The highest BCUT2D eigenvalue weighted by Crippen LogP contribution is 2.34. The smallest absolute Gasteiger partial charge is 0.306 e. The summed E-state index contributed by atoms with van der Waals surface area (Å²) in [5.41, 5.74) is 8.34. The van der Waals surface area contributed by atoms with Gasteiger partial charge in [0.15, 0.2) is 4.21 Å². The molecule has 0 bridgehead atoms. The van der Waals surface area contributed by atoms with E-state index in [0.29, 0.717) is 23.6 Å². The van der Waals surface area contributed by atoms with Crippen molar-refractivity contribution in [3.8, 4) is 0 Å². The number of fused-ring (bicyclic) bond motifs is 1. The lowest BCUT2D eigenvalue weighted by molar-refractivity contribution is 0.588. The summed E-state index contributed by atoms with van der Waals surface area (Å²) in [6, 6.07) is 5.23. The van der Waals surface area contributed by atoms with Crippen molar-refractivity contribution < 1.29 is 8.42 Å². The minimum Gasteiger partial charge on any atom is -0.399 e. The molecule has 1 aromatic carbocycles. The van der Waals surface area contributed by atoms with Gasteiger partial charge in [0.25, 0.3) is 10.0 Å². The van der Waals surface area contributed by atoms with Gasteiger partial charge in [-0.05, 0) is 43.5 Å². The highest BCUT2D eigenvalue weighted by molar-refractivity contribution is 7.94. The summed E-state index contributed by atoms with van der Waals surface area (Å²) in [4.78, 5) is 13.6. The van der Waals surface area contributed by atoms with E-state index < -0.39 is 10.0 Å². The Labute approximate surface area is 126 Å². The van der Waals surface area contributed by atoms with Gasteiger partial charge in [0, 0.05) is 17.9 Å². The van der Waals surface area contributed by atoms with E-state index in [0.717, 1.165) is 29.7 Å². The number of hydrogen-bond donors (Lipinski definition) is 2. The number of aryl methyl sites for hydroxylation is 2. The third kappa shape index (κ3) is 2.34. The molecule has 0 atom stereocenters. The van der Waals surface area contributed by atoms with Gasteiger partial charge >= 0.3 is 4.87 Å². The number of nitrogens with zero attached hydrogens (tertiary/aromatic N) is 1. The minimum absolute atomic E-state index is 0.0807. The van der Waals surface area contributed by atoms with E-state index in [4.69, 9.17) is 5.73 Å². The van der Waals surface area contributed by atoms with Crippen LogP contribution in [0.3, 0.4) is 0 Å². The van der Waals surface area contributed by atoms with Crippen LogP contribution in [0.25, 0.3) is 0 Å². The summed E-state index contributed by atoms with van der Waals surface area (Å²) in [6.07, 6.45) is 1.53. The molecule has 2 heterocycles. The van der Waals surface area contributed by atoms with E-state index in [1.807, 2.05) is 6.07 Å². The fourth-order valence-electron chi connectivity index (χ4n) is 2.57. The average Bonchev–Trinajstić information content (AvgIpc) is 2.77. The van der Waals surface area contributed by atoms with Crippen molar-refractivity contribution in [2.75, 3.05) is 16.6 Å². The van der Waals surface area contributed by atoms with Crippen LogP contribution >= 0.6 is 11.3 Å². The Balaban J connectivity index is 2.14. The lowest BCUT2D eigenvalue weighted by atomic mass is 10.0. The van der Waals surface area contributed by atoms with Crippen LogP contribution in [0, 0.1) is 6.92 Å². The maximum atomic E-state index is 12.8. The van der Waals surface area contributed by atoms with Crippen molar-refractivity contribution >= 4 is 32.7 Å². The number of aromatic amines is 1. The van der Waals surface area contributed by atoms with Gasteiger partial charge in [-0.15, -0.1) is 0 Å². The molecule has 0 aliphatic carbocycles. The van der Waals surface area contributed by atoms with Gasteiger partial charge < -0.3 is 10.7 Å². The van der Waals surface area contributed by atoms with Gasteiger partial charge in [-0.3, -0.25) is 9.10 Å². The van der Waals surface area contributed by atoms with E-state index in [1.165, 1.54) is 4.31 Å². The molecule has 0 amide bonds. The molecular formula is C13H15N3O3S2. The van der Waals surface area contributed by atoms with E-state index in [9.17, 15) is 13.2 Å². The van der Waals surface area contributed by atoms with Crippen molar-refractivity contribution in [2.24, 2.45) is 0 Å². The Morgan fingerprint density at radius 3 is 2.81 bits per heavy atom. The first-order valence-electron chi connectivity index (χ1n) is 6.50. The van der Waals surface area contributed by atoms with E-state index in [1.54, 1.807) is 19.1 Å². The Morgan fingerprint density at radius 2 is 2.14 bits per heavy atom. The van der Waals surface area contributed by atoms with Crippen LogP contribution in [-0.4, -0.2) is 19.9 Å². The third-order valence-corrected chi connectivity index (χ3v) is 6.88. The number of nitrogens with two attached hydrogens (primary N) is 1. The van der Waals surface area contributed by atoms with Gasteiger partial charge in [0.05, 0.1) is 5.69 Å². The summed E-state index contributed by atoms with van der Waals surface area (Å²) >= 11 is 0.727. The lowest BCUT2D eigenvalue weighted by Crippen LogP contribution is -2.35. The Kier molecular flexibility index (Phi) is 3.29. The van der Waals surface area contributed by atoms with Crippen LogP contribution in [0.2, 0.25) is 0 Å². The van der Waals surface area contributed by atoms with Crippen LogP contribution in [0.4, 0.5) is 11.4 Å². The maximum Gasteiger partial charge on any atom is 0.306 e. The normalized spacial score (nSPS) is 15.0. The molecular weight excluding hydrogens is 310 g/mol. The molecule has 1 aromatic heterocycles. The molecule has 2 aromatic rings. The zero-order valence-electron chi connectivity index (χ0n) is 11.4. The molecule has 1 aliphatic heterocycles. The number of rotatable bonds is 2. The molecule has 1 aliphatic rings. The molecule has 6 nitrogen and oxygen atoms in total. The van der Waals surface area contributed by atoms with Gasteiger partial charge in [-0.1, -0.05) is 11.3 Å². The number of aromatic nitrogens is 1. The summed E-state index contributed by atoms with van der Waals surface area (Å²) in [5.74, 6) is 0. The summed E-state index contributed by atoms with van der Waals surface area (Å²) in [5, 5.41) is 0.